The van der Waals surface area contributed by atoms with E-state index in [2.05, 4.69) is 48.3 Å². The van der Waals surface area contributed by atoms with Gasteiger partial charge in [-0.25, -0.2) is 9.97 Å². The summed E-state index contributed by atoms with van der Waals surface area (Å²) in [5.74, 6) is 0.833. The number of para-hydroxylation sites is 1. The van der Waals surface area contributed by atoms with Crippen molar-refractivity contribution in [2.45, 2.75) is 0 Å². The number of carbonyl (C=O) groups excluding carboxylic acids is 1. The van der Waals surface area contributed by atoms with Crippen LogP contribution in [0.2, 0.25) is 0 Å². The lowest BCUT2D eigenvalue weighted by Gasteiger charge is -2.31. The second kappa shape index (κ2) is 13.2. The van der Waals surface area contributed by atoms with E-state index in [1.54, 1.807) is 19.4 Å². The molecule has 1 amide bonds. The first-order valence-corrected chi connectivity index (χ1v) is 14.6. The average molecular weight is 584 g/mol. The van der Waals surface area contributed by atoms with Crippen molar-refractivity contribution in [2.75, 3.05) is 81.8 Å². The monoisotopic (exact) mass is 583 g/mol. The Bertz CT molecular complexity index is 1610. The Hall–Kier alpha value is -4.45. The third-order valence-corrected chi connectivity index (χ3v) is 7.74. The van der Waals surface area contributed by atoms with Gasteiger partial charge >= 0.3 is 0 Å². The van der Waals surface area contributed by atoms with Crippen LogP contribution in [0.5, 0.6) is 5.75 Å². The number of fused-ring (bicyclic) bond motifs is 1. The van der Waals surface area contributed by atoms with Gasteiger partial charge in [-0.05, 0) is 18.2 Å². The maximum atomic E-state index is 13.1. The molecule has 0 bridgehead atoms. The summed E-state index contributed by atoms with van der Waals surface area (Å²) >= 11 is 0. The molecular weight excluding hydrogens is 546 g/mol. The molecule has 2 fully saturated rings. The van der Waals surface area contributed by atoms with Crippen molar-refractivity contribution in [3.63, 3.8) is 0 Å². The topological polar surface area (TPSA) is 106 Å². The van der Waals surface area contributed by atoms with Crippen molar-refractivity contribution in [3.05, 3.63) is 67.0 Å². The van der Waals surface area contributed by atoms with Gasteiger partial charge in [0.25, 0.3) is 0 Å². The maximum absolute atomic E-state index is 13.1. The van der Waals surface area contributed by atoms with Crippen molar-refractivity contribution in [1.29, 1.82) is 0 Å². The van der Waals surface area contributed by atoms with Gasteiger partial charge in [0.1, 0.15) is 5.75 Å². The molecule has 2 aromatic carbocycles. The molecule has 0 unspecified atom stereocenters. The number of aryl methyl sites for hydroxylation is 1. The van der Waals surface area contributed by atoms with Gasteiger partial charge in [0.15, 0.2) is 0 Å². The van der Waals surface area contributed by atoms with Crippen LogP contribution in [0.3, 0.4) is 0 Å². The lowest BCUT2D eigenvalue weighted by molar-refractivity contribution is -0.111. The van der Waals surface area contributed by atoms with E-state index >= 15 is 0 Å². The molecule has 11 nitrogen and oxygen atoms in total. The van der Waals surface area contributed by atoms with Crippen LogP contribution < -0.4 is 20.3 Å². The molecule has 11 heteroatoms. The highest BCUT2D eigenvalue weighted by Crippen LogP contribution is 2.39. The van der Waals surface area contributed by atoms with Gasteiger partial charge in [-0.15, -0.1) is 0 Å². The van der Waals surface area contributed by atoms with E-state index in [1.165, 1.54) is 0 Å². The highest BCUT2D eigenvalue weighted by atomic mass is 16.5. The fourth-order valence-electron chi connectivity index (χ4n) is 5.50. The van der Waals surface area contributed by atoms with Crippen LogP contribution in [0.4, 0.5) is 23.0 Å². The largest absolute Gasteiger partial charge is 0.494 e. The summed E-state index contributed by atoms with van der Waals surface area (Å²) in [6.07, 6.45) is 7.30. The summed E-state index contributed by atoms with van der Waals surface area (Å²) in [5, 5.41) is 7.55. The number of methoxy groups -OCH3 is 1. The van der Waals surface area contributed by atoms with E-state index < -0.39 is 0 Å². The Balaban J connectivity index is 1.28. The molecule has 0 radical (unpaired) electrons. The number of benzene rings is 2. The standard InChI is InChI=1S/C32H37N7O4/c1-37-22-24(23-6-3-4-7-28(23)37)25-9-10-33-32(35-25)36-27-20-26(29(21-30(27)41-2)39-14-18-43-19-15-39)34-31(40)8-5-11-38-12-16-42-17-13-38/h3-10,20-22H,11-19H2,1-2H3,(H,34,40)(H,33,35,36). The van der Waals surface area contributed by atoms with E-state index in [0.717, 1.165) is 54.2 Å². The SMILES string of the molecule is COc1cc(N2CCOCC2)c(NC(=O)C=CCN2CCOCC2)cc1Nc1nccc(-c2cn(C)c3ccccc23)n1. The Morgan fingerprint density at radius 2 is 1.79 bits per heavy atom. The third-order valence-electron chi connectivity index (χ3n) is 7.74. The van der Waals surface area contributed by atoms with Gasteiger partial charge < -0.3 is 34.3 Å². The molecule has 0 aliphatic carbocycles. The van der Waals surface area contributed by atoms with E-state index in [0.29, 0.717) is 55.9 Å². The Morgan fingerprint density at radius 3 is 2.58 bits per heavy atom. The zero-order chi connectivity index (χ0) is 29.6. The van der Waals surface area contributed by atoms with Gasteiger partial charge in [-0.2, -0.15) is 0 Å². The molecule has 2 aliphatic rings. The van der Waals surface area contributed by atoms with Crippen molar-refractivity contribution in [2.24, 2.45) is 7.05 Å². The van der Waals surface area contributed by atoms with E-state index in [9.17, 15) is 4.79 Å². The summed E-state index contributed by atoms with van der Waals surface area (Å²) < 4.78 is 18.9. The van der Waals surface area contributed by atoms with Crippen molar-refractivity contribution in [1.82, 2.24) is 19.4 Å². The number of carbonyl (C=O) groups is 1. The molecule has 4 aromatic rings. The van der Waals surface area contributed by atoms with Crippen LogP contribution in [0.25, 0.3) is 22.2 Å². The second-order valence-electron chi connectivity index (χ2n) is 10.5. The first-order chi connectivity index (χ1) is 21.1. The number of rotatable bonds is 9. The van der Waals surface area contributed by atoms with Crippen LogP contribution in [0.1, 0.15) is 0 Å². The minimum absolute atomic E-state index is 0.201. The summed E-state index contributed by atoms with van der Waals surface area (Å²) in [5.41, 5.74) is 5.13. The number of hydrogen-bond donors (Lipinski definition) is 2. The number of morpholine rings is 2. The molecule has 2 aromatic heterocycles. The van der Waals surface area contributed by atoms with Crippen LogP contribution in [0.15, 0.2) is 67.0 Å². The molecule has 224 valence electrons. The molecule has 2 saturated heterocycles. The van der Waals surface area contributed by atoms with Crippen LogP contribution in [-0.2, 0) is 21.3 Å². The Labute approximate surface area is 251 Å². The fraction of sp³-hybridized carbons (Fsp3) is 0.344. The molecule has 0 atom stereocenters. The molecule has 6 rings (SSSR count). The predicted molar refractivity (Wildman–Crippen MR) is 168 cm³/mol. The smallest absolute Gasteiger partial charge is 0.248 e. The number of nitrogens with zero attached hydrogens (tertiary/aromatic N) is 5. The van der Waals surface area contributed by atoms with Gasteiger partial charge in [0, 0.05) is 80.8 Å². The van der Waals surface area contributed by atoms with E-state index in [1.807, 2.05) is 43.5 Å². The summed E-state index contributed by atoms with van der Waals surface area (Å²) in [7, 11) is 3.66. The average Bonchev–Trinajstić information content (AvgIpc) is 3.38. The molecule has 0 saturated carbocycles. The third kappa shape index (κ3) is 6.64. The number of aromatic nitrogens is 3. The second-order valence-corrected chi connectivity index (χ2v) is 10.5. The van der Waals surface area contributed by atoms with Gasteiger partial charge in [0.2, 0.25) is 11.9 Å². The van der Waals surface area contributed by atoms with Crippen molar-refractivity contribution < 1.29 is 19.0 Å². The summed E-state index contributed by atoms with van der Waals surface area (Å²) in [6.45, 7) is 6.53. The first kappa shape index (κ1) is 28.7. The zero-order valence-electron chi connectivity index (χ0n) is 24.6. The van der Waals surface area contributed by atoms with Crippen LogP contribution >= 0.6 is 0 Å². The van der Waals surface area contributed by atoms with Gasteiger partial charge in [-0.3, -0.25) is 9.69 Å². The summed E-state index contributed by atoms with van der Waals surface area (Å²) in [4.78, 5) is 26.8. The number of hydrogen-bond acceptors (Lipinski definition) is 9. The lowest BCUT2D eigenvalue weighted by Crippen LogP contribution is -2.37. The molecule has 43 heavy (non-hydrogen) atoms. The maximum Gasteiger partial charge on any atom is 0.248 e. The normalized spacial score (nSPS) is 16.1. The molecule has 2 N–H and O–H groups in total. The number of anilines is 4. The van der Waals surface area contributed by atoms with Gasteiger partial charge in [-0.1, -0.05) is 24.3 Å². The molecule has 2 aliphatic heterocycles. The number of ether oxygens (including phenoxy) is 3. The predicted octanol–water partition coefficient (Wildman–Crippen LogP) is 4.05. The highest BCUT2D eigenvalue weighted by molar-refractivity contribution is 6.02. The minimum Gasteiger partial charge on any atom is -0.494 e. The molecule has 0 spiro atoms. The summed E-state index contributed by atoms with van der Waals surface area (Å²) in [6, 6.07) is 14.0. The Kier molecular flexibility index (Phi) is 8.83. The molecular formula is C32H37N7O4. The zero-order valence-corrected chi connectivity index (χ0v) is 24.6. The molecule has 4 heterocycles. The van der Waals surface area contributed by atoms with Crippen LogP contribution in [0, 0.1) is 0 Å². The van der Waals surface area contributed by atoms with Crippen molar-refractivity contribution in [3.8, 4) is 17.0 Å². The lowest BCUT2D eigenvalue weighted by atomic mass is 10.1. The number of nitrogens with one attached hydrogen (secondary N) is 2. The fourth-order valence-corrected chi connectivity index (χ4v) is 5.50. The van der Waals surface area contributed by atoms with Crippen LogP contribution in [-0.4, -0.2) is 91.6 Å². The minimum atomic E-state index is -0.201. The quantitative estimate of drug-likeness (QED) is 0.282. The Morgan fingerprint density at radius 1 is 1.02 bits per heavy atom. The number of amides is 1. The van der Waals surface area contributed by atoms with Gasteiger partial charge in [0.05, 0.1) is 56.3 Å². The highest BCUT2D eigenvalue weighted by Gasteiger charge is 2.20. The van der Waals surface area contributed by atoms with Crippen molar-refractivity contribution >= 4 is 39.8 Å². The van der Waals surface area contributed by atoms with E-state index in [4.69, 9.17) is 19.2 Å². The first-order valence-electron chi connectivity index (χ1n) is 14.6. The van der Waals surface area contributed by atoms with E-state index in [-0.39, 0.29) is 5.91 Å².